The molecule has 2 heterocycles. The highest BCUT2D eigenvalue weighted by Crippen LogP contribution is 2.56. The van der Waals surface area contributed by atoms with E-state index in [2.05, 4.69) is 15.4 Å². The number of carbonyl (C=O) groups is 1. The molecule has 2 aliphatic carbocycles. The number of carbonyl (C=O) groups excluding carboxylic acids is 1. The fourth-order valence-electron chi connectivity index (χ4n) is 4.00. The van der Waals surface area contributed by atoms with Gasteiger partial charge in [0.1, 0.15) is 11.7 Å². The highest BCUT2D eigenvalue weighted by molar-refractivity contribution is 5.98. The molecule has 0 aromatic carbocycles. The quantitative estimate of drug-likeness (QED) is 0.877. The van der Waals surface area contributed by atoms with Gasteiger partial charge in [-0.3, -0.25) is 9.48 Å². The van der Waals surface area contributed by atoms with E-state index >= 15 is 0 Å². The zero-order chi connectivity index (χ0) is 16.2. The summed E-state index contributed by atoms with van der Waals surface area (Å²) in [5, 5.41) is 8.25. The molecule has 0 unspecified atom stereocenters. The number of amides is 1. The average molecular weight is 315 g/mol. The number of nitrogens with zero attached hydrogens (tertiary/aromatic N) is 3. The number of nitrogens with one attached hydrogen (secondary N) is 1. The molecule has 2 aromatic heterocycles. The average Bonchev–Trinajstić information content (AvgIpc) is 2.80. The van der Waals surface area contributed by atoms with E-state index in [-0.39, 0.29) is 6.10 Å². The molecule has 2 saturated carbocycles. The second-order valence-electron chi connectivity index (χ2n) is 6.93. The van der Waals surface area contributed by atoms with E-state index < -0.39 is 5.91 Å². The number of aryl methyl sites for hydroxylation is 1. The summed E-state index contributed by atoms with van der Waals surface area (Å²) in [7, 11) is 3.82. The number of hydrogen-bond acceptors (Lipinski definition) is 5. The van der Waals surface area contributed by atoms with Gasteiger partial charge in [0.15, 0.2) is 5.65 Å². The predicted molar refractivity (Wildman–Crippen MR) is 85.2 cm³/mol. The standard InChI is InChI=1S/C16H21N5O2/c1-18-10-4-16(5-10)6-11(7-16)23-15-12(13(17)22)3-9-8-19-21(2)14(9)20-15/h3,8,10-11,18H,4-7H2,1-2H3,(H2,17,22). The maximum absolute atomic E-state index is 11.7. The number of primary amides is 1. The van der Waals surface area contributed by atoms with Crippen molar-refractivity contribution in [1.29, 1.82) is 0 Å². The Morgan fingerprint density at radius 2 is 2.17 bits per heavy atom. The minimum atomic E-state index is -0.522. The molecule has 1 amide bonds. The van der Waals surface area contributed by atoms with E-state index in [0.717, 1.165) is 18.2 Å². The van der Waals surface area contributed by atoms with Crippen LogP contribution in [0.25, 0.3) is 11.0 Å². The molecule has 3 N–H and O–H groups in total. The van der Waals surface area contributed by atoms with E-state index in [9.17, 15) is 4.79 Å². The molecule has 0 aliphatic heterocycles. The summed E-state index contributed by atoms with van der Waals surface area (Å²) in [4.78, 5) is 16.2. The molecule has 1 spiro atoms. The third kappa shape index (κ3) is 2.26. The van der Waals surface area contributed by atoms with Crippen molar-refractivity contribution in [2.24, 2.45) is 18.2 Å². The number of hydrogen-bond donors (Lipinski definition) is 2. The van der Waals surface area contributed by atoms with Crippen LogP contribution in [-0.2, 0) is 7.05 Å². The van der Waals surface area contributed by atoms with Crippen LogP contribution in [0.4, 0.5) is 0 Å². The van der Waals surface area contributed by atoms with Gasteiger partial charge in [-0.2, -0.15) is 10.1 Å². The number of aromatic nitrogens is 3. The van der Waals surface area contributed by atoms with Crippen molar-refractivity contribution in [3.63, 3.8) is 0 Å². The number of rotatable bonds is 4. The van der Waals surface area contributed by atoms with Crippen LogP contribution < -0.4 is 15.8 Å². The van der Waals surface area contributed by atoms with Gasteiger partial charge in [-0.1, -0.05) is 0 Å². The number of ether oxygens (including phenoxy) is 1. The Morgan fingerprint density at radius 1 is 1.43 bits per heavy atom. The SMILES string of the molecule is CNC1CC2(C1)CC(Oc1nc3c(cnn3C)cc1C(N)=O)C2. The summed E-state index contributed by atoms with van der Waals surface area (Å²) in [5.74, 6) is -0.191. The highest BCUT2D eigenvalue weighted by Gasteiger charge is 2.53. The van der Waals surface area contributed by atoms with E-state index in [1.54, 1.807) is 16.9 Å². The minimum absolute atomic E-state index is 0.115. The largest absolute Gasteiger partial charge is 0.474 e. The van der Waals surface area contributed by atoms with Crippen LogP contribution in [0.15, 0.2) is 12.3 Å². The monoisotopic (exact) mass is 315 g/mol. The lowest BCUT2D eigenvalue weighted by molar-refractivity contribution is -0.0854. The van der Waals surface area contributed by atoms with Gasteiger partial charge in [0.2, 0.25) is 5.88 Å². The van der Waals surface area contributed by atoms with E-state index in [1.165, 1.54) is 12.8 Å². The number of nitrogens with two attached hydrogens (primary N) is 1. The maximum atomic E-state index is 11.7. The van der Waals surface area contributed by atoms with Crippen LogP contribution in [0.2, 0.25) is 0 Å². The summed E-state index contributed by atoms with van der Waals surface area (Å²) < 4.78 is 7.67. The zero-order valence-electron chi connectivity index (χ0n) is 13.4. The molecule has 4 rings (SSSR count). The summed E-state index contributed by atoms with van der Waals surface area (Å²) in [6, 6.07) is 2.35. The van der Waals surface area contributed by atoms with E-state index in [0.29, 0.717) is 28.5 Å². The van der Waals surface area contributed by atoms with Crippen LogP contribution in [-0.4, -0.2) is 39.9 Å². The second-order valence-corrected chi connectivity index (χ2v) is 6.93. The van der Waals surface area contributed by atoms with Gasteiger partial charge in [-0.05, 0) is 44.2 Å². The molecule has 7 nitrogen and oxygen atoms in total. The number of fused-ring (bicyclic) bond motifs is 1. The Kier molecular flexibility index (Phi) is 3.09. The van der Waals surface area contributed by atoms with Crippen LogP contribution in [0.5, 0.6) is 5.88 Å². The molecule has 2 aromatic rings. The van der Waals surface area contributed by atoms with E-state index in [4.69, 9.17) is 10.5 Å². The summed E-state index contributed by atoms with van der Waals surface area (Å²) in [6.45, 7) is 0. The topological polar surface area (TPSA) is 95.1 Å². The molecule has 2 aliphatic rings. The molecular weight excluding hydrogens is 294 g/mol. The molecule has 23 heavy (non-hydrogen) atoms. The number of pyridine rings is 1. The first-order valence-corrected chi connectivity index (χ1v) is 7.96. The van der Waals surface area contributed by atoms with Gasteiger partial charge in [-0.15, -0.1) is 0 Å². The van der Waals surface area contributed by atoms with Crippen LogP contribution in [0.1, 0.15) is 36.0 Å². The molecule has 122 valence electrons. The Bertz CT molecular complexity index is 770. The van der Waals surface area contributed by atoms with Crippen molar-refractivity contribution >= 4 is 16.9 Å². The predicted octanol–water partition coefficient (Wildman–Crippen LogP) is 0.977. The lowest BCUT2D eigenvalue weighted by Gasteiger charge is -2.57. The lowest BCUT2D eigenvalue weighted by atomic mass is 9.53. The Balaban J connectivity index is 1.53. The summed E-state index contributed by atoms with van der Waals surface area (Å²) in [6.07, 6.45) is 6.25. The van der Waals surface area contributed by atoms with Crippen LogP contribution >= 0.6 is 0 Å². The summed E-state index contributed by atoms with van der Waals surface area (Å²) in [5.41, 5.74) is 6.93. The van der Waals surface area contributed by atoms with Crippen molar-refractivity contribution in [3.8, 4) is 5.88 Å². The van der Waals surface area contributed by atoms with Gasteiger partial charge in [-0.25, -0.2) is 0 Å². The Labute approximate surface area is 134 Å². The molecule has 0 atom stereocenters. The normalized spacial score (nSPS) is 29.3. The summed E-state index contributed by atoms with van der Waals surface area (Å²) >= 11 is 0. The molecule has 0 saturated heterocycles. The fourth-order valence-corrected chi connectivity index (χ4v) is 4.00. The second kappa shape index (κ2) is 4.92. The van der Waals surface area contributed by atoms with Crippen LogP contribution in [0.3, 0.4) is 0 Å². The van der Waals surface area contributed by atoms with Crippen molar-refractivity contribution < 1.29 is 9.53 Å². The molecule has 7 heteroatoms. The van der Waals surface area contributed by atoms with Crippen molar-refractivity contribution in [2.45, 2.75) is 37.8 Å². The third-order valence-electron chi connectivity index (χ3n) is 5.30. The fraction of sp³-hybridized carbons (Fsp3) is 0.562. The first-order chi connectivity index (χ1) is 11.0. The van der Waals surface area contributed by atoms with Crippen LogP contribution in [0, 0.1) is 5.41 Å². The first-order valence-electron chi connectivity index (χ1n) is 7.96. The Hall–Kier alpha value is -2.15. The van der Waals surface area contributed by atoms with E-state index in [1.807, 2.05) is 14.1 Å². The van der Waals surface area contributed by atoms with Gasteiger partial charge in [0.05, 0.1) is 6.20 Å². The minimum Gasteiger partial charge on any atom is -0.474 e. The maximum Gasteiger partial charge on any atom is 0.254 e. The zero-order valence-corrected chi connectivity index (χ0v) is 13.4. The Morgan fingerprint density at radius 3 is 2.83 bits per heavy atom. The van der Waals surface area contributed by atoms with Gasteiger partial charge in [0.25, 0.3) is 5.91 Å². The first kappa shape index (κ1) is 14.4. The molecule has 0 bridgehead atoms. The van der Waals surface area contributed by atoms with Gasteiger partial charge in [0, 0.05) is 18.5 Å². The van der Waals surface area contributed by atoms with Crippen molar-refractivity contribution in [1.82, 2.24) is 20.1 Å². The third-order valence-corrected chi connectivity index (χ3v) is 5.30. The lowest BCUT2D eigenvalue weighted by Crippen LogP contribution is -2.57. The van der Waals surface area contributed by atoms with Crippen molar-refractivity contribution in [3.05, 3.63) is 17.8 Å². The van der Waals surface area contributed by atoms with Crippen molar-refractivity contribution in [2.75, 3.05) is 7.05 Å². The highest BCUT2D eigenvalue weighted by atomic mass is 16.5. The molecule has 2 fully saturated rings. The van der Waals surface area contributed by atoms with Gasteiger partial charge >= 0.3 is 0 Å². The smallest absolute Gasteiger partial charge is 0.254 e. The molecular formula is C16H21N5O2. The van der Waals surface area contributed by atoms with Gasteiger partial charge < -0.3 is 15.8 Å². The molecule has 0 radical (unpaired) electrons.